The van der Waals surface area contributed by atoms with Crippen LogP contribution in [0.25, 0.3) is 0 Å². The second kappa shape index (κ2) is 19.9. The highest BCUT2D eigenvalue weighted by Crippen LogP contribution is 2.18. The van der Waals surface area contributed by atoms with E-state index in [2.05, 4.69) is 21.7 Å². The van der Waals surface area contributed by atoms with Crippen LogP contribution in [0, 0.1) is 0 Å². The van der Waals surface area contributed by atoms with Crippen LogP contribution in [-0.2, 0) is 19.1 Å². The van der Waals surface area contributed by atoms with Gasteiger partial charge in [0.1, 0.15) is 11.4 Å². The highest BCUT2D eigenvalue weighted by Gasteiger charge is 2.12. The molecule has 0 aliphatic carbocycles. The van der Waals surface area contributed by atoms with Crippen molar-refractivity contribution in [3.8, 4) is 5.75 Å². The first kappa shape index (κ1) is 29.5. The van der Waals surface area contributed by atoms with Gasteiger partial charge in [0.15, 0.2) is 0 Å². The average molecular weight is 476 g/mol. The molecule has 0 aromatic heterocycles. The summed E-state index contributed by atoms with van der Waals surface area (Å²) in [5.74, 6) is -0.513. The van der Waals surface area contributed by atoms with Crippen LogP contribution in [-0.4, -0.2) is 32.8 Å². The number of hydrogen-bond acceptors (Lipinski definition) is 6. The molecule has 0 amide bonds. The zero-order valence-electron chi connectivity index (χ0n) is 21.5. The Morgan fingerprint density at radius 2 is 1.24 bits per heavy atom. The minimum atomic E-state index is -0.650. The maximum atomic E-state index is 11.8. The highest BCUT2D eigenvalue weighted by atomic mass is 16.5. The summed E-state index contributed by atoms with van der Waals surface area (Å²) in [5, 5.41) is 2.87. The van der Waals surface area contributed by atoms with E-state index in [9.17, 15) is 9.59 Å². The van der Waals surface area contributed by atoms with E-state index < -0.39 is 11.9 Å². The zero-order valence-corrected chi connectivity index (χ0v) is 21.5. The SMILES string of the molecule is CCCCCCCCCCCCCCCCOc1ccc(N/C(=C/C(=O)OC)C(=O)OC)cc1. The molecule has 6 nitrogen and oxygen atoms in total. The van der Waals surface area contributed by atoms with Crippen molar-refractivity contribution in [2.45, 2.75) is 96.8 Å². The molecule has 0 aliphatic rings. The maximum absolute atomic E-state index is 11.8. The van der Waals surface area contributed by atoms with Crippen molar-refractivity contribution in [1.82, 2.24) is 0 Å². The van der Waals surface area contributed by atoms with Crippen LogP contribution in [0.2, 0.25) is 0 Å². The van der Waals surface area contributed by atoms with E-state index >= 15 is 0 Å². The van der Waals surface area contributed by atoms with Gasteiger partial charge in [-0.3, -0.25) is 0 Å². The Hall–Kier alpha value is -2.50. The second-order valence-corrected chi connectivity index (χ2v) is 8.67. The molecule has 192 valence electrons. The van der Waals surface area contributed by atoms with Gasteiger partial charge >= 0.3 is 11.9 Å². The molecule has 0 unspecified atom stereocenters. The zero-order chi connectivity index (χ0) is 24.9. The Morgan fingerprint density at radius 1 is 0.735 bits per heavy atom. The number of hydrogen-bond donors (Lipinski definition) is 1. The summed E-state index contributed by atoms with van der Waals surface area (Å²) in [6, 6.07) is 7.24. The fraction of sp³-hybridized carbons (Fsp3) is 0.643. The molecular weight excluding hydrogens is 430 g/mol. The number of anilines is 1. The van der Waals surface area contributed by atoms with Gasteiger partial charge in [-0.15, -0.1) is 0 Å². The predicted octanol–water partition coefficient (Wildman–Crippen LogP) is 7.19. The lowest BCUT2D eigenvalue weighted by molar-refractivity contribution is -0.138. The summed E-state index contributed by atoms with van der Waals surface area (Å²) in [6.07, 6.45) is 19.8. The molecule has 0 atom stereocenters. The van der Waals surface area contributed by atoms with E-state index in [-0.39, 0.29) is 5.70 Å². The summed E-state index contributed by atoms with van der Waals surface area (Å²) < 4.78 is 15.1. The van der Waals surface area contributed by atoms with Crippen LogP contribution in [0.3, 0.4) is 0 Å². The summed E-state index contributed by atoms with van der Waals surface area (Å²) >= 11 is 0. The van der Waals surface area contributed by atoms with Gasteiger partial charge in [0.05, 0.1) is 26.9 Å². The first-order valence-corrected chi connectivity index (χ1v) is 13.0. The quantitative estimate of drug-likeness (QED) is 0.122. The summed E-state index contributed by atoms with van der Waals surface area (Å²) in [6.45, 7) is 2.96. The van der Waals surface area contributed by atoms with Gasteiger partial charge in [0.25, 0.3) is 0 Å². The number of carbonyl (C=O) groups excluding carboxylic acids is 2. The molecule has 0 bridgehead atoms. The number of unbranched alkanes of at least 4 members (excludes halogenated alkanes) is 13. The largest absolute Gasteiger partial charge is 0.494 e. The Bertz CT molecular complexity index is 699. The Labute approximate surface area is 206 Å². The van der Waals surface area contributed by atoms with Gasteiger partial charge < -0.3 is 19.5 Å². The van der Waals surface area contributed by atoms with Gasteiger partial charge in [-0.05, 0) is 30.7 Å². The third-order valence-electron chi connectivity index (χ3n) is 5.77. The van der Waals surface area contributed by atoms with Crippen molar-refractivity contribution in [2.75, 3.05) is 26.1 Å². The lowest BCUT2D eigenvalue weighted by Gasteiger charge is -2.10. The lowest BCUT2D eigenvalue weighted by atomic mass is 10.0. The van der Waals surface area contributed by atoms with Crippen LogP contribution in [0.5, 0.6) is 5.75 Å². The van der Waals surface area contributed by atoms with Crippen LogP contribution in [0.1, 0.15) is 96.8 Å². The maximum Gasteiger partial charge on any atom is 0.354 e. The van der Waals surface area contributed by atoms with Crippen LogP contribution >= 0.6 is 0 Å². The van der Waals surface area contributed by atoms with Gasteiger partial charge in [0, 0.05) is 5.69 Å². The van der Waals surface area contributed by atoms with Gasteiger partial charge in [-0.25, -0.2) is 9.59 Å². The first-order valence-electron chi connectivity index (χ1n) is 13.0. The number of rotatable bonds is 20. The van der Waals surface area contributed by atoms with E-state index in [1.807, 2.05) is 12.1 Å². The molecule has 1 rings (SSSR count). The molecule has 0 saturated heterocycles. The second-order valence-electron chi connectivity index (χ2n) is 8.67. The molecule has 0 heterocycles. The summed E-state index contributed by atoms with van der Waals surface area (Å²) in [4.78, 5) is 23.3. The topological polar surface area (TPSA) is 73.9 Å². The smallest absolute Gasteiger partial charge is 0.354 e. The predicted molar refractivity (Wildman–Crippen MR) is 138 cm³/mol. The van der Waals surface area contributed by atoms with Crippen molar-refractivity contribution in [3.05, 3.63) is 36.0 Å². The minimum absolute atomic E-state index is 0.00503. The molecule has 6 heteroatoms. The molecule has 0 spiro atoms. The van der Waals surface area contributed by atoms with E-state index in [1.54, 1.807) is 12.1 Å². The third-order valence-corrected chi connectivity index (χ3v) is 5.77. The van der Waals surface area contributed by atoms with Gasteiger partial charge in [-0.2, -0.15) is 0 Å². The van der Waals surface area contributed by atoms with E-state index in [0.717, 1.165) is 18.2 Å². The van der Waals surface area contributed by atoms with Gasteiger partial charge in [-0.1, -0.05) is 90.4 Å². The first-order chi connectivity index (χ1) is 16.6. The Morgan fingerprint density at radius 3 is 1.71 bits per heavy atom. The number of methoxy groups -OCH3 is 2. The molecule has 1 aromatic carbocycles. The van der Waals surface area contributed by atoms with Crippen molar-refractivity contribution in [3.63, 3.8) is 0 Å². The fourth-order valence-corrected chi connectivity index (χ4v) is 3.71. The third kappa shape index (κ3) is 14.6. The molecule has 0 saturated carbocycles. The summed E-state index contributed by atoms with van der Waals surface area (Å²) in [5.41, 5.74) is 0.648. The number of benzene rings is 1. The van der Waals surface area contributed by atoms with E-state index in [4.69, 9.17) is 4.74 Å². The van der Waals surface area contributed by atoms with Crippen molar-refractivity contribution in [1.29, 1.82) is 0 Å². The van der Waals surface area contributed by atoms with Crippen LogP contribution in [0.4, 0.5) is 5.69 Å². The van der Waals surface area contributed by atoms with E-state index in [0.29, 0.717) is 12.3 Å². The fourth-order valence-electron chi connectivity index (χ4n) is 3.71. The van der Waals surface area contributed by atoms with Crippen LogP contribution in [0.15, 0.2) is 36.0 Å². The lowest BCUT2D eigenvalue weighted by Crippen LogP contribution is -2.15. The Kier molecular flexibility index (Phi) is 17.3. The number of esters is 2. The number of nitrogens with one attached hydrogen (secondary N) is 1. The van der Waals surface area contributed by atoms with Crippen molar-refractivity contribution in [2.24, 2.45) is 0 Å². The normalized spacial score (nSPS) is 11.2. The molecule has 1 aromatic rings. The molecule has 0 fully saturated rings. The van der Waals surface area contributed by atoms with Crippen molar-refractivity contribution >= 4 is 17.6 Å². The number of ether oxygens (including phenoxy) is 3. The summed E-state index contributed by atoms with van der Waals surface area (Å²) in [7, 11) is 2.50. The molecule has 0 radical (unpaired) electrons. The number of carbonyl (C=O) groups is 2. The average Bonchev–Trinajstić information content (AvgIpc) is 2.86. The highest BCUT2D eigenvalue weighted by molar-refractivity contribution is 5.98. The monoisotopic (exact) mass is 475 g/mol. The minimum Gasteiger partial charge on any atom is -0.494 e. The molecule has 1 N–H and O–H groups in total. The standard InChI is InChI=1S/C28H45NO5/c1-4-5-6-7-8-9-10-11-12-13-14-15-16-17-22-34-25-20-18-24(19-21-25)29-26(28(31)33-3)23-27(30)32-2/h18-21,23,29H,4-17,22H2,1-3H3/b26-23+. The van der Waals surface area contributed by atoms with Gasteiger partial charge in [0.2, 0.25) is 0 Å². The molecular formula is C28H45NO5. The Balaban J connectivity index is 2.11. The molecule has 34 heavy (non-hydrogen) atoms. The molecule has 0 aliphatic heterocycles. The van der Waals surface area contributed by atoms with Crippen LogP contribution < -0.4 is 10.1 Å². The van der Waals surface area contributed by atoms with E-state index in [1.165, 1.54) is 97.7 Å². The van der Waals surface area contributed by atoms with Crippen molar-refractivity contribution < 1.29 is 23.8 Å².